The second-order valence-electron chi connectivity index (χ2n) is 6.55. The molecule has 1 aliphatic heterocycles. The lowest BCUT2D eigenvalue weighted by atomic mass is 9.83. The van der Waals surface area contributed by atoms with Crippen LogP contribution in [0.1, 0.15) is 24.0 Å². The number of aryl methyl sites for hydroxylation is 1. The maximum atomic E-state index is 13.2. The molecule has 0 saturated heterocycles. The van der Waals surface area contributed by atoms with Crippen LogP contribution in [0, 0.1) is 11.3 Å². The van der Waals surface area contributed by atoms with Crippen LogP contribution in [-0.2, 0) is 7.05 Å². The predicted molar refractivity (Wildman–Crippen MR) is 106 cm³/mol. The van der Waals surface area contributed by atoms with E-state index in [1.807, 2.05) is 55.5 Å². The quantitative estimate of drug-likeness (QED) is 0.762. The van der Waals surface area contributed by atoms with Gasteiger partial charge in [0.25, 0.3) is 5.56 Å². The SMILES string of the molecule is CCOc1ccc([C@H]2C(C#N)=C(N)Oc3c2c(=O)n(C)c2ccccc32)cc1. The molecule has 1 aliphatic rings. The summed E-state index contributed by atoms with van der Waals surface area (Å²) < 4.78 is 12.9. The maximum absolute atomic E-state index is 13.2. The molecule has 6 nitrogen and oxygen atoms in total. The van der Waals surface area contributed by atoms with Gasteiger partial charge in [-0.15, -0.1) is 0 Å². The van der Waals surface area contributed by atoms with E-state index in [1.165, 1.54) is 0 Å². The van der Waals surface area contributed by atoms with Crippen molar-refractivity contribution < 1.29 is 9.47 Å². The van der Waals surface area contributed by atoms with Crippen molar-refractivity contribution in [1.82, 2.24) is 4.57 Å². The van der Waals surface area contributed by atoms with Crippen molar-refractivity contribution in [3.8, 4) is 17.6 Å². The molecule has 3 aromatic rings. The van der Waals surface area contributed by atoms with Crippen LogP contribution in [0.15, 0.2) is 64.8 Å². The van der Waals surface area contributed by atoms with Crippen molar-refractivity contribution in [1.29, 1.82) is 5.26 Å². The fraction of sp³-hybridized carbons (Fsp3) is 0.182. The number of nitriles is 1. The van der Waals surface area contributed by atoms with Crippen molar-refractivity contribution in [3.63, 3.8) is 0 Å². The third kappa shape index (κ3) is 2.60. The van der Waals surface area contributed by atoms with Crippen molar-refractivity contribution >= 4 is 10.9 Å². The summed E-state index contributed by atoms with van der Waals surface area (Å²) in [6.07, 6.45) is 0. The number of allylic oxidation sites excluding steroid dienone is 1. The van der Waals surface area contributed by atoms with E-state index < -0.39 is 5.92 Å². The van der Waals surface area contributed by atoms with Crippen LogP contribution in [0.2, 0.25) is 0 Å². The lowest BCUT2D eigenvalue weighted by Gasteiger charge is -2.27. The zero-order chi connectivity index (χ0) is 19.8. The van der Waals surface area contributed by atoms with Gasteiger partial charge in [0.05, 0.1) is 23.6 Å². The van der Waals surface area contributed by atoms with E-state index in [2.05, 4.69) is 6.07 Å². The van der Waals surface area contributed by atoms with Gasteiger partial charge < -0.3 is 19.8 Å². The smallest absolute Gasteiger partial charge is 0.258 e. The Balaban J connectivity index is 2.02. The van der Waals surface area contributed by atoms with Crippen molar-refractivity contribution in [2.24, 2.45) is 12.8 Å². The van der Waals surface area contributed by atoms with Gasteiger partial charge in [0.1, 0.15) is 23.1 Å². The summed E-state index contributed by atoms with van der Waals surface area (Å²) in [6.45, 7) is 2.47. The van der Waals surface area contributed by atoms with Crippen LogP contribution in [0.5, 0.6) is 11.5 Å². The number of benzene rings is 2. The fourth-order valence-corrected chi connectivity index (χ4v) is 3.68. The topological polar surface area (TPSA) is 90.3 Å². The number of nitrogens with zero attached hydrogens (tertiary/aromatic N) is 2. The van der Waals surface area contributed by atoms with Crippen LogP contribution in [0.25, 0.3) is 10.9 Å². The second kappa shape index (κ2) is 6.78. The molecular formula is C22H19N3O3. The van der Waals surface area contributed by atoms with E-state index >= 15 is 0 Å². The molecule has 4 rings (SSSR count). The summed E-state index contributed by atoms with van der Waals surface area (Å²) in [5, 5.41) is 10.5. The van der Waals surface area contributed by atoms with Crippen molar-refractivity contribution in [2.75, 3.05) is 6.61 Å². The number of ether oxygens (including phenoxy) is 2. The van der Waals surface area contributed by atoms with Gasteiger partial charge in [-0.3, -0.25) is 4.79 Å². The number of para-hydroxylation sites is 1. The van der Waals surface area contributed by atoms with Crippen LogP contribution in [0.4, 0.5) is 0 Å². The van der Waals surface area contributed by atoms with Crippen LogP contribution < -0.4 is 20.8 Å². The molecule has 2 heterocycles. The van der Waals surface area contributed by atoms with E-state index in [1.54, 1.807) is 11.6 Å². The Bertz CT molecular complexity index is 1200. The Hall–Kier alpha value is -3.72. The molecule has 6 heteroatoms. The molecule has 0 spiro atoms. The minimum Gasteiger partial charge on any atom is -0.494 e. The molecule has 2 N–H and O–H groups in total. The van der Waals surface area contributed by atoms with Gasteiger partial charge in [-0.05, 0) is 36.8 Å². The number of fused-ring (bicyclic) bond motifs is 3. The van der Waals surface area contributed by atoms with Gasteiger partial charge in [-0.1, -0.05) is 24.3 Å². The van der Waals surface area contributed by atoms with E-state index in [-0.39, 0.29) is 17.0 Å². The van der Waals surface area contributed by atoms with Crippen molar-refractivity contribution in [2.45, 2.75) is 12.8 Å². The molecule has 0 bridgehead atoms. The summed E-state index contributed by atoms with van der Waals surface area (Å²) in [5.41, 5.74) is 8.03. The number of nitrogens with two attached hydrogens (primary N) is 1. The number of aromatic nitrogens is 1. The normalized spacial score (nSPS) is 15.7. The first-order valence-corrected chi connectivity index (χ1v) is 8.98. The first kappa shape index (κ1) is 17.7. The summed E-state index contributed by atoms with van der Waals surface area (Å²) in [6, 6.07) is 17.0. The Kier molecular flexibility index (Phi) is 4.28. The van der Waals surface area contributed by atoms with Crippen LogP contribution >= 0.6 is 0 Å². The Labute approximate surface area is 162 Å². The standard InChI is InChI=1S/C22H19N3O3/c1-3-27-14-10-8-13(9-11-14)18-16(12-23)21(24)28-20-15-6-4-5-7-17(15)25(2)22(26)19(18)20/h4-11,18H,3,24H2,1-2H3/t18-/m0/s1. The van der Waals surface area contributed by atoms with Gasteiger partial charge in [0.15, 0.2) is 0 Å². The first-order valence-electron chi connectivity index (χ1n) is 8.98. The highest BCUT2D eigenvalue weighted by molar-refractivity contribution is 5.88. The third-order valence-corrected chi connectivity index (χ3v) is 4.99. The highest BCUT2D eigenvalue weighted by Gasteiger charge is 2.35. The zero-order valence-electron chi connectivity index (χ0n) is 15.6. The maximum Gasteiger partial charge on any atom is 0.258 e. The molecule has 140 valence electrons. The van der Waals surface area contributed by atoms with E-state index in [0.29, 0.717) is 17.9 Å². The van der Waals surface area contributed by atoms with Gasteiger partial charge in [-0.2, -0.15) is 5.26 Å². The Morgan fingerprint density at radius 2 is 1.93 bits per heavy atom. The summed E-state index contributed by atoms with van der Waals surface area (Å²) in [5.74, 6) is 0.550. The second-order valence-corrected chi connectivity index (χ2v) is 6.55. The van der Waals surface area contributed by atoms with Gasteiger partial charge in [0, 0.05) is 12.4 Å². The molecule has 0 amide bonds. The molecular weight excluding hydrogens is 354 g/mol. The lowest BCUT2D eigenvalue weighted by Crippen LogP contribution is -2.31. The highest BCUT2D eigenvalue weighted by Crippen LogP contribution is 2.43. The van der Waals surface area contributed by atoms with E-state index in [0.717, 1.165) is 22.2 Å². The Morgan fingerprint density at radius 3 is 2.61 bits per heavy atom. The molecule has 28 heavy (non-hydrogen) atoms. The Morgan fingerprint density at radius 1 is 1.21 bits per heavy atom. The van der Waals surface area contributed by atoms with Gasteiger partial charge in [0.2, 0.25) is 5.88 Å². The highest BCUT2D eigenvalue weighted by atomic mass is 16.5. The van der Waals surface area contributed by atoms with Crippen LogP contribution in [0.3, 0.4) is 0 Å². The largest absolute Gasteiger partial charge is 0.494 e. The first-order chi connectivity index (χ1) is 13.6. The molecule has 1 atom stereocenters. The molecule has 0 aliphatic carbocycles. The number of pyridine rings is 1. The van der Waals surface area contributed by atoms with Crippen LogP contribution in [-0.4, -0.2) is 11.2 Å². The minimum absolute atomic E-state index is 0.0206. The van der Waals surface area contributed by atoms with Gasteiger partial charge >= 0.3 is 0 Å². The number of hydrogen-bond acceptors (Lipinski definition) is 5. The zero-order valence-corrected chi connectivity index (χ0v) is 15.6. The van der Waals surface area contributed by atoms with E-state index in [9.17, 15) is 10.1 Å². The predicted octanol–water partition coefficient (Wildman–Crippen LogP) is 3.16. The molecule has 2 aromatic carbocycles. The summed E-state index contributed by atoms with van der Waals surface area (Å²) in [7, 11) is 1.72. The average molecular weight is 373 g/mol. The fourth-order valence-electron chi connectivity index (χ4n) is 3.68. The summed E-state index contributed by atoms with van der Waals surface area (Å²) >= 11 is 0. The monoisotopic (exact) mass is 373 g/mol. The van der Waals surface area contributed by atoms with Crippen molar-refractivity contribution in [3.05, 3.63) is 81.5 Å². The molecule has 0 fully saturated rings. The molecule has 1 aromatic heterocycles. The molecule has 0 unspecified atom stereocenters. The molecule has 0 radical (unpaired) electrons. The molecule has 0 saturated carbocycles. The van der Waals surface area contributed by atoms with Gasteiger partial charge in [-0.25, -0.2) is 0 Å². The minimum atomic E-state index is -0.604. The number of rotatable bonds is 3. The third-order valence-electron chi connectivity index (χ3n) is 4.99. The summed E-state index contributed by atoms with van der Waals surface area (Å²) in [4.78, 5) is 13.2. The lowest BCUT2D eigenvalue weighted by molar-refractivity contribution is 0.340. The average Bonchev–Trinajstić information content (AvgIpc) is 2.72. The number of hydrogen-bond donors (Lipinski definition) is 1. The van der Waals surface area contributed by atoms with E-state index in [4.69, 9.17) is 15.2 Å².